The van der Waals surface area contributed by atoms with Gasteiger partial charge in [-0.1, -0.05) is 0 Å². The number of carbonyl (C=O) groups excluding carboxylic acids is 1. The molecular weight excluding hydrogens is 493 g/mol. The number of hydrogen-bond acceptors (Lipinski definition) is 4. The molecule has 5 fully saturated rings. The Labute approximate surface area is 226 Å². The van der Waals surface area contributed by atoms with Crippen LogP contribution in [0, 0.1) is 23.7 Å². The molecule has 1 unspecified atom stereocenters. The minimum absolute atomic E-state index is 0.00286. The second-order valence-electron chi connectivity index (χ2n) is 12.7. The highest BCUT2D eigenvalue weighted by Gasteiger charge is 2.61. The maximum atomic E-state index is 14.2. The first kappa shape index (κ1) is 22.4. The van der Waals surface area contributed by atoms with E-state index in [0.29, 0.717) is 42.0 Å². The number of ether oxygens (including phenoxy) is 1. The summed E-state index contributed by atoms with van der Waals surface area (Å²) in [6, 6.07) is 10.4. The summed E-state index contributed by atoms with van der Waals surface area (Å²) < 4.78 is 24.6. The van der Waals surface area contributed by atoms with Gasteiger partial charge in [-0.3, -0.25) is 4.79 Å². The summed E-state index contributed by atoms with van der Waals surface area (Å²) in [5.41, 5.74) is 4.18. The lowest BCUT2D eigenvalue weighted by Crippen LogP contribution is -2.53. The number of pyridine rings is 1. The molecule has 1 saturated heterocycles. The molecule has 4 aliphatic carbocycles. The number of imidazole rings is 1. The van der Waals surface area contributed by atoms with Gasteiger partial charge in [-0.25, -0.2) is 14.4 Å². The first-order valence-corrected chi connectivity index (χ1v) is 14.6. The predicted molar refractivity (Wildman–Crippen MR) is 145 cm³/mol. The van der Waals surface area contributed by atoms with Crippen LogP contribution in [0.3, 0.4) is 0 Å². The Bertz CT molecular complexity index is 1660. The van der Waals surface area contributed by atoms with E-state index in [4.69, 9.17) is 14.7 Å². The number of aromatic nitrogens is 4. The van der Waals surface area contributed by atoms with Gasteiger partial charge >= 0.3 is 0 Å². The summed E-state index contributed by atoms with van der Waals surface area (Å²) in [4.78, 5) is 25.8. The maximum Gasteiger partial charge on any atom is 0.254 e. The van der Waals surface area contributed by atoms with Crippen molar-refractivity contribution in [1.82, 2.24) is 24.0 Å². The van der Waals surface area contributed by atoms with E-state index in [1.165, 1.54) is 19.3 Å². The van der Waals surface area contributed by atoms with Gasteiger partial charge in [-0.15, -0.1) is 0 Å². The fourth-order valence-electron chi connectivity index (χ4n) is 8.12. The van der Waals surface area contributed by atoms with E-state index in [1.54, 1.807) is 7.11 Å². The summed E-state index contributed by atoms with van der Waals surface area (Å²) in [6.45, 7) is 1.77. The summed E-state index contributed by atoms with van der Waals surface area (Å²) in [6.07, 6.45) is 6.85. The zero-order chi connectivity index (χ0) is 26.0. The van der Waals surface area contributed by atoms with Crippen LogP contribution in [0.15, 0.2) is 36.5 Å². The van der Waals surface area contributed by atoms with Crippen molar-refractivity contribution in [2.45, 2.75) is 63.3 Å². The fourth-order valence-corrected chi connectivity index (χ4v) is 8.12. The van der Waals surface area contributed by atoms with Crippen molar-refractivity contribution in [3.05, 3.63) is 42.1 Å². The van der Waals surface area contributed by atoms with Crippen LogP contribution in [0.1, 0.15) is 54.9 Å². The number of hydrogen-bond donors (Lipinski definition) is 0. The SMILES string of the molecule is COc1cc(C(=O)N2C[C@H]3CC4C[C@@H]2[C@H]43)cc2nc(-c3cc4cccnc4n3CC3CC3)n([C@H]3C[C@@H](F)C3)c12. The van der Waals surface area contributed by atoms with Crippen LogP contribution in [0.25, 0.3) is 33.6 Å². The number of rotatable bonds is 6. The van der Waals surface area contributed by atoms with E-state index < -0.39 is 6.17 Å². The monoisotopic (exact) mass is 525 g/mol. The van der Waals surface area contributed by atoms with Gasteiger partial charge in [-0.2, -0.15) is 0 Å². The van der Waals surface area contributed by atoms with E-state index >= 15 is 0 Å². The number of likely N-dealkylation sites (tertiary alicyclic amines) is 1. The molecule has 1 aliphatic heterocycles. The molecule has 4 aromatic rings. The number of benzene rings is 1. The second kappa shape index (κ2) is 7.83. The molecule has 0 bridgehead atoms. The molecule has 1 amide bonds. The molecule has 3 aromatic heterocycles. The molecule has 0 radical (unpaired) electrons. The van der Waals surface area contributed by atoms with Gasteiger partial charge in [0.1, 0.15) is 23.1 Å². The lowest BCUT2D eigenvalue weighted by atomic mass is 9.53. The van der Waals surface area contributed by atoms with Crippen LogP contribution in [0.5, 0.6) is 5.75 Å². The molecule has 200 valence electrons. The topological polar surface area (TPSA) is 65.2 Å². The Kier molecular flexibility index (Phi) is 4.50. The molecule has 4 saturated carbocycles. The van der Waals surface area contributed by atoms with Crippen LogP contribution in [0.4, 0.5) is 4.39 Å². The summed E-state index contributed by atoms with van der Waals surface area (Å²) in [7, 11) is 1.65. The number of carbonyl (C=O) groups is 1. The van der Waals surface area contributed by atoms with Crippen molar-refractivity contribution < 1.29 is 13.9 Å². The zero-order valence-electron chi connectivity index (χ0n) is 22.1. The molecular formula is C31H32FN5O2. The number of fused-ring (bicyclic) bond motifs is 2. The van der Waals surface area contributed by atoms with Crippen molar-refractivity contribution >= 4 is 28.0 Å². The zero-order valence-corrected chi connectivity index (χ0v) is 22.1. The lowest BCUT2D eigenvalue weighted by molar-refractivity contribution is -0.0204. The Morgan fingerprint density at radius 2 is 2.00 bits per heavy atom. The van der Waals surface area contributed by atoms with E-state index in [0.717, 1.165) is 64.9 Å². The standard InChI is InChI=1S/C31H32FN5O2/c1-39-26-11-19(31(38)36-15-20-7-18-10-24(36)27(18)20)8-23-28(26)37(22-12-21(32)13-22)30(34-23)25-9-17-3-2-6-33-29(17)35(25)14-16-4-5-16/h2-3,6,8-9,11,16,18,20-22,24,27H,4-5,7,10,12-15H2,1H3/t18?,20-,21-,22+,24-,27-/m1/s1. The second-order valence-corrected chi connectivity index (χ2v) is 12.7. The van der Waals surface area contributed by atoms with Crippen molar-refractivity contribution in [3.8, 4) is 17.3 Å². The van der Waals surface area contributed by atoms with Crippen LogP contribution >= 0.6 is 0 Å². The number of nitrogens with zero attached hydrogens (tertiary/aromatic N) is 5. The maximum absolute atomic E-state index is 14.2. The Morgan fingerprint density at radius 3 is 2.74 bits per heavy atom. The quantitative estimate of drug-likeness (QED) is 0.328. The molecule has 5 aliphatic rings. The van der Waals surface area contributed by atoms with Crippen LogP contribution < -0.4 is 4.74 Å². The third-order valence-corrected chi connectivity index (χ3v) is 10.4. The highest BCUT2D eigenvalue weighted by molar-refractivity contribution is 6.00. The van der Waals surface area contributed by atoms with Crippen LogP contribution in [-0.2, 0) is 6.54 Å². The number of halogens is 1. The molecule has 39 heavy (non-hydrogen) atoms. The van der Waals surface area contributed by atoms with Gasteiger partial charge in [0.15, 0.2) is 5.82 Å². The average Bonchev–Trinajstić information content (AvgIpc) is 3.55. The van der Waals surface area contributed by atoms with Crippen molar-refractivity contribution in [1.29, 1.82) is 0 Å². The van der Waals surface area contributed by atoms with Gasteiger partial charge in [0.2, 0.25) is 0 Å². The Morgan fingerprint density at radius 1 is 1.13 bits per heavy atom. The number of methoxy groups -OCH3 is 1. The minimum atomic E-state index is -0.803. The van der Waals surface area contributed by atoms with E-state index in [9.17, 15) is 9.18 Å². The molecule has 4 atom stereocenters. The molecule has 0 N–H and O–H groups in total. The van der Waals surface area contributed by atoms with E-state index in [2.05, 4.69) is 26.2 Å². The number of alkyl halides is 1. The summed E-state index contributed by atoms with van der Waals surface area (Å²) in [5.74, 6) is 4.43. The fraction of sp³-hybridized carbons (Fsp3) is 0.516. The van der Waals surface area contributed by atoms with Crippen molar-refractivity contribution in [2.24, 2.45) is 23.7 Å². The highest BCUT2D eigenvalue weighted by Crippen LogP contribution is 2.61. The van der Waals surface area contributed by atoms with Gasteiger partial charge in [0.25, 0.3) is 5.91 Å². The normalized spacial score (nSPS) is 30.7. The third-order valence-electron chi connectivity index (χ3n) is 10.4. The predicted octanol–water partition coefficient (Wildman–Crippen LogP) is 5.63. The first-order valence-electron chi connectivity index (χ1n) is 14.6. The summed E-state index contributed by atoms with van der Waals surface area (Å²) in [5, 5.41) is 1.08. The van der Waals surface area contributed by atoms with Crippen LogP contribution in [-0.4, -0.2) is 55.8 Å². The van der Waals surface area contributed by atoms with Gasteiger partial charge in [-0.05, 0) is 92.5 Å². The minimum Gasteiger partial charge on any atom is -0.494 e. The third kappa shape index (κ3) is 3.11. The lowest BCUT2D eigenvalue weighted by Gasteiger charge is -2.52. The van der Waals surface area contributed by atoms with E-state index in [1.807, 2.05) is 24.4 Å². The first-order chi connectivity index (χ1) is 19.1. The van der Waals surface area contributed by atoms with Crippen LogP contribution in [0.2, 0.25) is 0 Å². The largest absolute Gasteiger partial charge is 0.494 e. The van der Waals surface area contributed by atoms with Gasteiger partial charge in [0.05, 0.1) is 18.3 Å². The highest BCUT2D eigenvalue weighted by atomic mass is 19.1. The van der Waals surface area contributed by atoms with Crippen molar-refractivity contribution in [3.63, 3.8) is 0 Å². The Hall–Kier alpha value is -3.42. The van der Waals surface area contributed by atoms with Crippen molar-refractivity contribution in [2.75, 3.05) is 13.7 Å². The summed E-state index contributed by atoms with van der Waals surface area (Å²) >= 11 is 0. The average molecular weight is 526 g/mol. The molecule has 1 aromatic carbocycles. The smallest absolute Gasteiger partial charge is 0.254 e. The molecule has 4 heterocycles. The van der Waals surface area contributed by atoms with Gasteiger partial charge < -0.3 is 18.8 Å². The molecule has 8 heteroatoms. The molecule has 7 nitrogen and oxygen atoms in total. The Balaban J connectivity index is 1.21. The number of amides is 1. The molecule has 9 rings (SSSR count). The van der Waals surface area contributed by atoms with Gasteiger partial charge in [0, 0.05) is 42.3 Å². The van der Waals surface area contributed by atoms with E-state index in [-0.39, 0.29) is 11.9 Å². The molecule has 0 spiro atoms.